The second-order valence-electron chi connectivity index (χ2n) is 13.2. The van der Waals surface area contributed by atoms with Crippen molar-refractivity contribution in [2.24, 2.45) is 0 Å². The quantitative estimate of drug-likeness (QED) is 0.0177. The number of hydrogen-bond acceptors (Lipinski definition) is 3. The van der Waals surface area contributed by atoms with Crippen LogP contribution >= 0.6 is 0 Å². The van der Waals surface area contributed by atoms with E-state index in [4.69, 9.17) is 37.9 Å². The molecule has 3 nitrogen and oxygen atoms in total. The molecular weight excluding hydrogens is 759 g/mol. The fraction of sp³-hybridized carbons (Fsp3) is 0.923. The summed E-state index contributed by atoms with van der Waals surface area (Å²) < 4.78 is 2.31. The van der Waals surface area contributed by atoms with Gasteiger partial charge in [0.1, 0.15) is 49.6 Å². The summed E-state index contributed by atoms with van der Waals surface area (Å²) >= 11 is 28.4. The number of hydrogen-bond donors (Lipinski definition) is 0. The van der Waals surface area contributed by atoms with Crippen molar-refractivity contribution in [2.75, 3.05) is 39.3 Å². The van der Waals surface area contributed by atoms with Crippen molar-refractivity contribution in [1.82, 2.24) is 14.7 Å². The molecule has 0 aliphatic carbocycles. The van der Waals surface area contributed by atoms with Crippen molar-refractivity contribution in [2.45, 2.75) is 196 Å². The maximum Gasteiger partial charge on any atom is 3.00 e. The SMILES string of the molecule is CCCCCCN(CCCCCC)C([S-])=[SH+].CCCCCCN(CCCCCC)C([S-])=[SH+].CCCCCCN(CCCCCC)C([S-])=[SH+].[Fe+3]. The summed E-state index contributed by atoms with van der Waals surface area (Å²) in [7, 11) is 0. The minimum absolute atomic E-state index is 0. The van der Waals surface area contributed by atoms with Crippen molar-refractivity contribution >= 4 is 87.5 Å². The van der Waals surface area contributed by atoms with E-state index in [-0.39, 0.29) is 17.1 Å². The molecule has 49 heavy (non-hydrogen) atoms. The Bertz CT molecular complexity index is 575. The van der Waals surface area contributed by atoms with Gasteiger partial charge in [0.05, 0.1) is 0 Å². The Morgan fingerprint density at radius 1 is 0.306 bits per heavy atom. The molecule has 0 atom stereocenters. The van der Waals surface area contributed by atoms with Gasteiger partial charge in [0, 0.05) is 39.3 Å². The van der Waals surface area contributed by atoms with Gasteiger partial charge in [0.15, 0.2) is 0 Å². The molecular formula is C39H81FeN3S6+3. The van der Waals surface area contributed by atoms with Gasteiger partial charge in [-0.2, -0.15) is 0 Å². The van der Waals surface area contributed by atoms with Gasteiger partial charge >= 0.3 is 17.1 Å². The average molecular weight is 840 g/mol. The largest absolute Gasteiger partial charge is 3.00 e. The first-order chi connectivity index (χ1) is 23.2. The Labute approximate surface area is 351 Å². The molecule has 0 bridgehead atoms. The molecule has 0 fully saturated rings. The molecule has 0 aromatic carbocycles. The molecule has 1 radical (unpaired) electrons. The van der Waals surface area contributed by atoms with Crippen LogP contribution in [0.15, 0.2) is 0 Å². The van der Waals surface area contributed by atoms with Crippen LogP contribution in [0, 0.1) is 0 Å². The molecule has 0 saturated carbocycles. The van der Waals surface area contributed by atoms with Crippen LogP contribution in [0.3, 0.4) is 0 Å². The second kappa shape index (κ2) is 47.7. The van der Waals surface area contributed by atoms with Crippen LogP contribution in [-0.4, -0.2) is 66.9 Å². The summed E-state index contributed by atoms with van der Waals surface area (Å²) in [6.45, 7) is 20.0. The van der Waals surface area contributed by atoms with E-state index < -0.39 is 0 Å². The van der Waals surface area contributed by atoms with E-state index in [0.29, 0.717) is 0 Å². The van der Waals surface area contributed by atoms with Gasteiger partial charge in [0.2, 0.25) is 0 Å². The summed E-state index contributed by atoms with van der Waals surface area (Å²) in [5.41, 5.74) is 0. The molecule has 0 heterocycles. The molecule has 10 heteroatoms. The monoisotopic (exact) mass is 839 g/mol. The summed E-state index contributed by atoms with van der Waals surface area (Å²) in [5.74, 6) is 0. The molecule has 0 saturated heterocycles. The van der Waals surface area contributed by atoms with E-state index in [1.165, 1.54) is 154 Å². The number of thiol groups is 3. The summed E-state index contributed by atoms with van der Waals surface area (Å²) in [6.07, 6.45) is 31.2. The smallest absolute Gasteiger partial charge is 0.680 e. The first-order valence-electron chi connectivity index (χ1n) is 20.1. The van der Waals surface area contributed by atoms with Gasteiger partial charge < -0.3 is 37.9 Å². The predicted octanol–water partition coefficient (Wildman–Crippen LogP) is 10.1. The molecule has 0 amide bonds. The normalized spacial score (nSPS) is 10.8. The topological polar surface area (TPSA) is 9.72 Å². The average Bonchev–Trinajstić information content (AvgIpc) is 3.06. The first kappa shape index (κ1) is 57.4. The fourth-order valence-electron chi connectivity index (χ4n) is 5.29. The molecule has 293 valence electrons. The van der Waals surface area contributed by atoms with Gasteiger partial charge in [-0.1, -0.05) is 157 Å². The van der Waals surface area contributed by atoms with Gasteiger partial charge in [-0.05, 0) is 38.5 Å². The maximum atomic E-state index is 5.16. The van der Waals surface area contributed by atoms with Crippen LogP contribution in [-0.2, 0) is 91.6 Å². The third-order valence-electron chi connectivity index (χ3n) is 8.50. The van der Waals surface area contributed by atoms with Gasteiger partial charge in [-0.25, -0.2) is 0 Å². The van der Waals surface area contributed by atoms with Crippen LogP contribution in [0.1, 0.15) is 196 Å². The molecule has 0 unspecified atom stereocenters. The Balaban J connectivity index is -0.000000307. The van der Waals surface area contributed by atoms with Crippen LogP contribution < -0.4 is 0 Å². The summed E-state index contributed by atoms with van der Waals surface area (Å²) in [4.78, 5) is 6.76. The Morgan fingerprint density at radius 3 is 0.551 bits per heavy atom. The zero-order chi connectivity index (χ0) is 36.7. The third-order valence-corrected chi connectivity index (χ3v) is 10.1. The Kier molecular flexibility index (Phi) is 56.0. The van der Waals surface area contributed by atoms with Crippen LogP contribution in [0.25, 0.3) is 0 Å². The fourth-order valence-corrected chi connectivity index (χ4v) is 6.43. The maximum absolute atomic E-state index is 5.16. The summed E-state index contributed by atoms with van der Waals surface area (Å²) in [6, 6.07) is 0. The van der Waals surface area contributed by atoms with Crippen molar-refractivity contribution < 1.29 is 17.1 Å². The van der Waals surface area contributed by atoms with Gasteiger partial charge in [0.25, 0.3) is 0 Å². The van der Waals surface area contributed by atoms with E-state index in [2.05, 4.69) is 92.9 Å². The molecule has 0 spiro atoms. The standard InChI is InChI=1S/3C13H27NS2.Fe/c3*1-3-5-7-9-11-14(13(15)16)12-10-8-6-4-2;/h3*3-12H2,1-2H3,(H,15,16);/q;;;+3. The first-order valence-corrected chi connectivity index (χ1v) is 22.7. The van der Waals surface area contributed by atoms with E-state index in [9.17, 15) is 0 Å². The molecule has 0 aliphatic rings. The van der Waals surface area contributed by atoms with Crippen LogP contribution in [0.5, 0.6) is 0 Å². The van der Waals surface area contributed by atoms with Crippen molar-refractivity contribution in [3.8, 4) is 0 Å². The van der Waals surface area contributed by atoms with E-state index in [1.54, 1.807) is 0 Å². The number of rotatable bonds is 30. The minimum atomic E-state index is 0. The molecule has 0 aliphatic heterocycles. The van der Waals surface area contributed by atoms with Crippen molar-refractivity contribution in [3.63, 3.8) is 0 Å². The van der Waals surface area contributed by atoms with E-state index >= 15 is 0 Å². The molecule has 0 N–H and O–H groups in total. The third kappa shape index (κ3) is 45.8. The van der Waals surface area contributed by atoms with Gasteiger partial charge in [-0.3, -0.25) is 14.7 Å². The van der Waals surface area contributed by atoms with E-state index in [0.717, 1.165) is 52.2 Å². The van der Waals surface area contributed by atoms with Crippen LogP contribution in [0.4, 0.5) is 0 Å². The molecule has 0 aromatic rings. The predicted molar refractivity (Wildman–Crippen MR) is 243 cm³/mol. The van der Waals surface area contributed by atoms with Crippen molar-refractivity contribution in [1.29, 1.82) is 0 Å². The Morgan fingerprint density at radius 2 is 0.449 bits per heavy atom. The number of nitrogens with zero attached hydrogens (tertiary/aromatic N) is 3. The summed E-state index contributed by atoms with van der Waals surface area (Å²) in [5, 5.41) is 0. The zero-order valence-corrected chi connectivity index (χ0v) is 39.2. The van der Waals surface area contributed by atoms with Gasteiger partial charge in [-0.15, -0.1) is 0 Å². The number of unbranched alkanes of at least 4 members (excludes halogenated alkanes) is 18. The minimum Gasteiger partial charge on any atom is -0.680 e. The molecule has 0 rings (SSSR count). The van der Waals surface area contributed by atoms with Crippen molar-refractivity contribution in [3.05, 3.63) is 0 Å². The van der Waals surface area contributed by atoms with E-state index in [1.807, 2.05) is 0 Å². The van der Waals surface area contributed by atoms with Crippen LogP contribution in [0.2, 0.25) is 0 Å². The molecule has 0 aromatic heterocycles. The second-order valence-corrected chi connectivity index (χ2v) is 16.5. The zero-order valence-electron chi connectivity index (χ0n) is 33.0. The Hall–Kier alpha value is 1.72.